The van der Waals surface area contributed by atoms with Gasteiger partial charge >= 0.3 is 0 Å². The predicted molar refractivity (Wildman–Crippen MR) is 93.8 cm³/mol. The molecule has 3 rings (SSSR count). The maximum Gasteiger partial charge on any atom is 0.241 e. The minimum absolute atomic E-state index is 0.0406. The van der Waals surface area contributed by atoms with Gasteiger partial charge in [0.2, 0.25) is 5.91 Å². The number of fused-ring (bicyclic) bond motifs is 1. The lowest BCUT2D eigenvalue weighted by Crippen LogP contribution is -2.31. The number of amides is 1. The molecular formula is C18H23N5O. The highest BCUT2D eigenvalue weighted by molar-refractivity contribution is 5.81. The Labute approximate surface area is 141 Å². The Morgan fingerprint density at radius 1 is 1.21 bits per heavy atom. The molecule has 1 N–H and O–H groups in total. The summed E-state index contributed by atoms with van der Waals surface area (Å²) < 4.78 is 3.70. The number of carbonyl (C=O) groups is 1. The summed E-state index contributed by atoms with van der Waals surface area (Å²) in [6.45, 7) is 7.71. The van der Waals surface area contributed by atoms with E-state index in [1.807, 2.05) is 35.9 Å². The van der Waals surface area contributed by atoms with Crippen molar-refractivity contribution >= 4 is 16.8 Å². The van der Waals surface area contributed by atoms with Crippen LogP contribution in [0.25, 0.3) is 10.9 Å². The third-order valence-corrected chi connectivity index (χ3v) is 4.38. The van der Waals surface area contributed by atoms with Crippen molar-refractivity contribution in [3.63, 3.8) is 0 Å². The number of benzene rings is 1. The van der Waals surface area contributed by atoms with Gasteiger partial charge in [-0.1, -0.05) is 25.1 Å². The summed E-state index contributed by atoms with van der Waals surface area (Å²) in [6, 6.07) is 7.88. The molecule has 0 aliphatic heterocycles. The largest absolute Gasteiger partial charge is 0.353 e. The number of rotatable bonds is 6. The maximum atomic E-state index is 12.2. The summed E-state index contributed by atoms with van der Waals surface area (Å²) in [5.41, 5.74) is 4.52. The van der Waals surface area contributed by atoms with Crippen LogP contribution in [0.1, 0.15) is 23.9 Å². The Kier molecular flexibility index (Phi) is 4.64. The molecule has 126 valence electrons. The molecule has 0 radical (unpaired) electrons. The zero-order chi connectivity index (χ0) is 17.1. The van der Waals surface area contributed by atoms with Crippen molar-refractivity contribution in [3.05, 3.63) is 47.4 Å². The van der Waals surface area contributed by atoms with Gasteiger partial charge in [0.05, 0.1) is 24.0 Å². The van der Waals surface area contributed by atoms with Gasteiger partial charge in [-0.05, 0) is 31.9 Å². The van der Waals surface area contributed by atoms with Gasteiger partial charge in [0.15, 0.2) is 0 Å². The molecule has 2 aromatic heterocycles. The van der Waals surface area contributed by atoms with Gasteiger partial charge in [-0.15, -0.1) is 0 Å². The second kappa shape index (κ2) is 6.86. The summed E-state index contributed by atoms with van der Waals surface area (Å²) >= 11 is 0. The molecule has 0 aliphatic carbocycles. The van der Waals surface area contributed by atoms with Crippen LogP contribution in [0.3, 0.4) is 0 Å². The average Bonchev–Trinajstić information content (AvgIpc) is 3.09. The number of aryl methyl sites for hydroxylation is 1. The summed E-state index contributed by atoms with van der Waals surface area (Å²) in [5.74, 6) is -0.0406. The van der Waals surface area contributed by atoms with Gasteiger partial charge in [0.25, 0.3) is 0 Å². The minimum Gasteiger partial charge on any atom is -0.353 e. The van der Waals surface area contributed by atoms with Crippen LogP contribution in [0.2, 0.25) is 0 Å². The third-order valence-electron chi connectivity index (χ3n) is 4.38. The highest BCUT2D eigenvalue weighted by Crippen LogP contribution is 2.13. The van der Waals surface area contributed by atoms with Crippen LogP contribution < -0.4 is 5.32 Å². The number of hydrogen-bond donors (Lipinski definition) is 1. The van der Waals surface area contributed by atoms with Crippen LogP contribution in [0.5, 0.6) is 0 Å². The van der Waals surface area contributed by atoms with Crippen LogP contribution in [-0.4, -0.2) is 32.0 Å². The van der Waals surface area contributed by atoms with Gasteiger partial charge < -0.3 is 5.32 Å². The van der Waals surface area contributed by atoms with E-state index in [1.165, 1.54) is 11.3 Å². The van der Waals surface area contributed by atoms with Gasteiger partial charge in [0, 0.05) is 17.6 Å². The number of carbonyl (C=O) groups excluding carboxylic acids is 1. The Morgan fingerprint density at radius 3 is 2.75 bits per heavy atom. The molecule has 6 nitrogen and oxygen atoms in total. The first-order valence-corrected chi connectivity index (χ1v) is 8.30. The molecule has 0 spiro atoms. The SMILES string of the molecule is CCc1c(C)nn(CCNC(=O)Cn2ncc3ccccc32)c1C. The van der Waals surface area contributed by atoms with E-state index in [-0.39, 0.29) is 12.5 Å². The standard InChI is InChI=1S/C18H23N5O/c1-4-16-13(2)21-22(14(16)3)10-9-19-18(24)12-23-17-8-6-5-7-15(17)11-20-23/h5-8,11H,4,9-10,12H2,1-3H3,(H,19,24). The molecule has 0 saturated heterocycles. The van der Waals surface area contributed by atoms with Crippen LogP contribution in [0.4, 0.5) is 0 Å². The summed E-state index contributed by atoms with van der Waals surface area (Å²) in [4.78, 5) is 12.2. The molecule has 0 aliphatic rings. The lowest BCUT2D eigenvalue weighted by Gasteiger charge is -2.08. The van der Waals surface area contributed by atoms with Crippen molar-refractivity contribution in [3.8, 4) is 0 Å². The van der Waals surface area contributed by atoms with Crippen LogP contribution >= 0.6 is 0 Å². The van der Waals surface area contributed by atoms with Crippen LogP contribution in [0.15, 0.2) is 30.5 Å². The molecular weight excluding hydrogens is 302 g/mol. The first kappa shape index (κ1) is 16.2. The Morgan fingerprint density at radius 2 is 2.00 bits per heavy atom. The fourth-order valence-electron chi connectivity index (χ4n) is 3.11. The number of para-hydroxylation sites is 1. The Hall–Kier alpha value is -2.63. The lowest BCUT2D eigenvalue weighted by atomic mass is 10.1. The van der Waals surface area contributed by atoms with E-state index in [0.717, 1.165) is 23.0 Å². The molecule has 0 unspecified atom stereocenters. The van der Waals surface area contributed by atoms with Gasteiger partial charge in [-0.3, -0.25) is 14.2 Å². The van der Waals surface area contributed by atoms with E-state index in [9.17, 15) is 4.79 Å². The van der Waals surface area contributed by atoms with E-state index in [4.69, 9.17) is 0 Å². The second-order valence-electron chi connectivity index (χ2n) is 5.94. The van der Waals surface area contributed by atoms with Crippen LogP contribution in [-0.2, 0) is 24.3 Å². The van der Waals surface area contributed by atoms with E-state index in [1.54, 1.807) is 10.9 Å². The van der Waals surface area contributed by atoms with Crippen molar-refractivity contribution in [1.82, 2.24) is 24.9 Å². The minimum atomic E-state index is -0.0406. The fraction of sp³-hybridized carbons (Fsp3) is 0.389. The molecule has 0 saturated carbocycles. The normalized spacial score (nSPS) is 11.1. The topological polar surface area (TPSA) is 64.7 Å². The first-order valence-electron chi connectivity index (χ1n) is 8.30. The Balaban J connectivity index is 1.56. The van der Waals surface area contributed by atoms with Gasteiger partial charge in [0.1, 0.15) is 6.54 Å². The van der Waals surface area contributed by atoms with Crippen molar-refractivity contribution in [2.45, 2.75) is 40.3 Å². The molecule has 1 amide bonds. The number of nitrogens with one attached hydrogen (secondary N) is 1. The highest BCUT2D eigenvalue weighted by Gasteiger charge is 2.10. The maximum absolute atomic E-state index is 12.2. The van der Waals surface area contributed by atoms with Crippen LogP contribution in [0, 0.1) is 13.8 Å². The monoisotopic (exact) mass is 325 g/mol. The third kappa shape index (κ3) is 3.18. The van der Waals surface area contributed by atoms with Gasteiger partial charge in [-0.2, -0.15) is 10.2 Å². The second-order valence-corrected chi connectivity index (χ2v) is 5.94. The smallest absolute Gasteiger partial charge is 0.241 e. The molecule has 0 atom stereocenters. The van der Waals surface area contributed by atoms with Crippen molar-refractivity contribution in [1.29, 1.82) is 0 Å². The quantitative estimate of drug-likeness (QED) is 0.756. The molecule has 3 aromatic rings. The van der Waals surface area contributed by atoms with E-state index in [2.05, 4.69) is 29.4 Å². The molecule has 2 heterocycles. The summed E-state index contributed by atoms with van der Waals surface area (Å²) in [6.07, 6.45) is 2.77. The lowest BCUT2D eigenvalue weighted by molar-refractivity contribution is -0.121. The van der Waals surface area contributed by atoms with Crippen molar-refractivity contribution < 1.29 is 4.79 Å². The molecule has 0 fully saturated rings. The van der Waals surface area contributed by atoms with Crippen molar-refractivity contribution in [2.75, 3.05) is 6.54 Å². The number of nitrogens with zero attached hydrogens (tertiary/aromatic N) is 4. The Bertz CT molecular complexity index is 862. The average molecular weight is 325 g/mol. The fourth-order valence-corrected chi connectivity index (χ4v) is 3.11. The first-order chi connectivity index (χ1) is 11.6. The predicted octanol–water partition coefficient (Wildman–Crippen LogP) is 2.23. The van der Waals surface area contributed by atoms with E-state index < -0.39 is 0 Å². The number of aromatic nitrogens is 4. The van der Waals surface area contributed by atoms with E-state index in [0.29, 0.717) is 13.1 Å². The molecule has 0 bridgehead atoms. The van der Waals surface area contributed by atoms with Gasteiger partial charge in [-0.25, -0.2) is 0 Å². The number of hydrogen-bond acceptors (Lipinski definition) is 3. The summed E-state index contributed by atoms with van der Waals surface area (Å²) in [5, 5.41) is 12.8. The molecule has 1 aromatic carbocycles. The molecule has 6 heteroatoms. The zero-order valence-corrected chi connectivity index (χ0v) is 14.4. The zero-order valence-electron chi connectivity index (χ0n) is 14.4. The summed E-state index contributed by atoms with van der Waals surface area (Å²) in [7, 11) is 0. The molecule has 24 heavy (non-hydrogen) atoms. The van der Waals surface area contributed by atoms with E-state index >= 15 is 0 Å². The highest BCUT2D eigenvalue weighted by atomic mass is 16.2. The van der Waals surface area contributed by atoms with Crippen molar-refractivity contribution in [2.24, 2.45) is 0 Å².